The van der Waals surface area contributed by atoms with Crippen LogP contribution in [0.5, 0.6) is 0 Å². The van der Waals surface area contributed by atoms with Crippen LogP contribution in [-0.4, -0.2) is 41.9 Å². The van der Waals surface area contributed by atoms with Crippen LogP contribution in [0.4, 0.5) is 0 Å². The minimum absolute atomic E-state index is 0.0805. The fraction of sp³-hybridized carbons (Fsp3) is 0.435. The summed E-state index contributed by atoms with van der Waals surface area (Å²) in [7, 11) is -3.72. The zero-order chi connectivity index (χ0) is 23.6. The maximum absolute atomic E-state index is 13.4. The van der Waals surface area contributed by atoms with Gasteiger partial charge in [0.25, 0.3) is 0 Å². The molecule has 1 aromatic carbocycles. The van der Waals surface area contributed by atoms with Gasteiger partial charge in [0.1, 0.15) is 11.5 Å². The molecule has 1 aliphatic rings. The van der Waals surface area contributed by atoms with Gasteiger partial charge in [-0.05, 0) is 50.5 Å². The first-order valence-corrected chi connectivity index (χ1v) is 12.5. The highest BCUT2D eigenvalue weighted by Crippen LogP contribution is 2.29. The van der Waals surface area contributed by atoms with Crippen molar-refractivity contribution in [3.63, 3.8) is 0 Å². The molecule has 3 aromatic rings. The number of piperidine rings is 1. The molecule has 1 N–H and O–H groups in total. The smallest absolute Gasteiger partial charge is 0.243 e. The summed E-state index contributed by atoms with van der Waals surface area (Å²) in [6.45, 7) is 6.42. The molecule has 0 atom stereocenters. The zero-order valence-electron chi connectivity index (χ0n) is 19.0. The van der Waals surface area contributed by atoms with Crippen LogP contribution in [0.25, 0.3) is 11.4 Å². The minimum atomic E-state index is -3.72. The van der Waals surface area contributed by atoms with E-state index in [0.29, 0.717) is 54.4 Å². The predicted molar refractivity (Wildman–Crippen MR) is 121 cm³/mol. The fourth-order valence-electron chi connectivity index (χ4n) is 3.93. The van der Waals surface area contributed by atoms with E-state index < -0.39 is 10.0 Å². The molecule has 33 heavy (non-hydrogen) atoms. The average molecular weight is 473 g/mol. The van der Waals surface area contributed by atoms with Gasteiger partial charge in [0.05, 0.1) is 11.4 Å². The average Bonchev–Trinajstić information content (AvgIpc) is 3.46. The minimum Gasteiger partial charge on any atom is -0.465 e. The van der Waals surface area contributed by atoms with Crippen LogP contribution in [0.2, 0.25) is 0 Å². The van der Waals surface area contributed by atoms with Crippen LogP contribution in [0.3, 0.4) is 0 Å². The molecule has 1 saturated heterocycles. The monoisotopic (exact) mass is 472 g/mol. The van der Waals surface area contributed by atoms with Crippen molar-refractivity contribution in [2.24, 2.45) is 5.92 Å². The third-order valence-corrected chi connectivity index (χ3v) is 7.93. The summed E-state index contributed by atoms with van der Waals surface area (Å²) < 4.78 is 38.9. The maximum atomic E-state index is 13.4. The van der Waals surface area contributed by atoms with Crippen molar-refractivity contribution >= 4 is 15.9 Å². The molecule has 1 fully saturated rings. The normalized spacial score (nSPS) is 15.6. The van der Waals surface area contributed by atoms with Crippen molar-refractivity contribution in [3.05, 3.63) is 53.3 Å². The van der Waals surface area contributed by atoms with Gasteiger partial charge in [-0.2, -0.15) is 9.29 Å². The number of aryl methyl sites for hydroxylation is 3. The highest BCUT2D eigenvalue weighted by Gasteiger charge is 2.33. The zero-order valence-corrected chi connectivity index (χ0v) is 19.8. The molecule has 0 bridgehead atoms. The summed E-state index contributed by atoms with van der Waals surface area (Å²) in [5.41, 5.74) is 1.23. The third kappa shape index (κ3) is 5.01. The van der Waals surface area contributed by atoms with Crippen LogP contribution < -0.4 is 5.32 Å². The summed E-state index contributed by atoms with van der Waals surface area (Å²) in [4.78, 5) is 17.1. The second-order valence-electron chi connectivity index (χ2n) is 8.25. The lowest BCUT2D eigenvalue weighted by Crippen LogP contribution is -2.43. The SMILES string of the molecule is CCc1nc(-c2ccc(C)c(S(=O)(=O)N3CCC(C(=O)NCc4ccc(C)o4)CC3)c2)no1. The molecule has 0 unspecified atom stereocenters. The summed E-state index contributed by atoms with van der Waals surface area (Å²) in [5, 5.41) is 6.83. The van der Waals surface area contributed by atoms with Crippen molar-refractivity contribution in [2.75, 3.05) is 13.1 Å². The first-order valence-electron chi connectivity index (χ1n) is 11.0. The number of aromatic nitrogens is 2. The number of nitrogens with zero attached hydrogens (tertiary/aromatic N) is 3. The second kappa shape index (κ2) is 9.48. The first kappa shape index (κ1) is 23.2. The molecule has 1 amide bonds. The number of furan rings is 1. The van der Waals surface area contributed by atoms with Gasteiger partial charge in [-0.3, -0.25) is 4.79 Å². The molecule has 176 valence electrons. The number of sulfonamides is 1. The molecule has 3 heterocycles. The van der Waals surface area contributed by atoms with Crippen LogP contribution >= 0.6 is 0 Å². The Bertz CT molecular complexity index is 1240. The third-order valence-electron chi connectivity index (χ3n) is 5.89. The van der Waals surface area contributed by atoms with E-state index in [9.17, 15) is 13.2 Å². The number of carbonyl (C=O) groups excluding carboxylic acids is 1. The first-order chi connectivity index (χ1) is 15.8. The summed E-state index contributed by atoms with van der Waals surface area (Å²) in [6, 6.07) is 8.82. The Morgan fingerprint density at radius 3 is 2.58 bits per heavy atom. The Morgan fingerprint density at radius 2 is 1.94 bits per heavy atom. The van der Waals surface area contributed by atoms with Gasteiger partial charge < -0.3 is 14.3 Å². The largest absolute Gasteiger partial charge is 0.465 e. The van der Waals surface area contributed by atoms with E-state index in [2.05, 4.69) is 15.5 Å². The van der Waals surface area contributed by atoms with Crippen molar-refractivity contribution in [1.82, 2.24) is 19.8 Å². The van der Waals surface area contributed by atoms with Crippen LogP contribution in [-0.2, 0) is 27.8 Å². The molecule has 0 radical (unpaired) electrons. The Morgan fingerprint density at radius 1 is 1.18 bits per heavy atom. The number of amides is 1. The van der Waals surface area contributed by atoms with Gasteiger partial charge in [0.2, 0.25) is 27.6 Å². The molecule has 0 aliphatic carbocycles. The van der Waals surface area contributed by atoms with Gasteiger partial charge in [-0.25, -0.2) is 8.42 Å². The van der Waals surface area contributed by atoms with E-state index in [1.54, 1.807) is 25.1 Å². The highest BCUT2D eigenvalue weighted by molar-refractivity contribution is 7.89. The van der Waals surface area contributed by atoms with Crippen LogP contribution in [0.1, 0.15) is 42.7 Å². The number of hydrogen-bond donors (Lipinski definition) is 1. The lowest BCUT2D eigenvalue weighted by molar-refractivity contribution is -0.126. The molecule has 0 spiro atoms. The van der Waals surface area contributed by atoms with Gasteiger partial charge in [0, 0.05) is 31.0 Å². The van der Waals surface area contributed by atoms with Crippen molar-refractivity contribution < 1.29 is 22.2 Å². The Kier molecular flexibility index (Phi) is 6.66. The molecule has 0 saturated carbocycles. The Labute approximate surface area is 193 Å². The van der Waals surface area contributed by atoms with E-state index in [4.69, 9.17) is 8.94 Å². The van der Waals surface area contributed by atoms with Gasteiger partial charge >= 0.3 is 0 Å². The van der Waals surface area contributed by atoms with Crippen LogP contribution in [0.15, 0.2) is 44.2 Å². The van der Waals surface area contributed by atoms with E-state index in [1.807, 2.05) is 26.0 Å². The highest BCUT2D eigenvalue weighted by atomic mass is 32.2. The quantitative estimate of drug-likeness (QED) is 0.561. The van der Waals surface area contributed by atoms with Crippen molar-refractivity contribution in [2.45, 2.75) is 51.5 Å². The van der Waals surface area contributed by atoms with E-state index in [-0.39, 0.29) is 29.8 Å². The standard InChI is InChI=1S/C23H28N4O5S/c1-4-21-25-22(26-32-21)18-7-5-15(2)20(13-18)33(29,30)27-11-9-17(10-12-27)23(28)24-14-19-8-6-16(3)31-19/h5-8,13,17H,4,9-12,14H2,1-3H3,(H,24,28). The van der Waals surface area contributed by atoms with Crippen LogP contribution in [0, 0.1) is 19.8 Å². The Balaban J connectivity index is 1.42. The van der Waals surface area contributed by atoms with Gasteiger partial charge in [-0.15, -0.1) is 0 Å². The molecular formula is C23H28N4O5S. The summed E-state index contributed by atoms with van der Waals surface area (Å²) in [6.07, 6.45) is 1.53. The molecule has 2 aromatic heterocycles. The molecule has 1 aliphatic heterocycles. The van der Waals surface area contributed by atoms with Crippen molar-refractivity contribution in [3.8, 4) is 11.4 Å². The maximum Gasteiger partial charge on any atom is 0.243 e. The second-order valence-corrected chi connectivity index (χ2v) is 10.2. The predicted octanol–water partition coefficient (Wildman–Crippen LogP) is 3.23. The molecule has 9 nitrogen and oxygen atoms in total. The molecule has 10 heteroatoms. The van der Waals surface area contributed by atoms with Gasteiger partial charge in [-0.1, -0.05) is 24.2 Å². The topological polar surface area (TPSA) is 119 Å². The molecule has 4 rings (SSSR count). The summed E-state index contributed by atoms with van der Waals surface area (Å²) in [5.74, 6) is 2.05. The van der Waals surface area contributed by atoms with E-state index >= 15 is 0 Å². The van der Waals surface area contributed by atoms with Crippen molar-refractivity contribution in [1.29, 1.82) is 0 Å². The number of carbonyl (C=O) groups is 1. The number of benzene rings is 1. The fourth-order valence-corrected chi connectivity index (χ4v) is 5.65. The molecular weight excluding hydrogens is 444 g/mol. The number of rotatable bonds is 7. The lowest BCUT2D eigenvalue weighted by atomic mass is 9.97. The number of hydrogen-bond acceptors (Lipinski definition) is 7. The lowest BCUT2D eigenvalue weighted by Gasteiger charge is -2.31. The van der Waals surface area contributed by atoms with E-state index in [1.165, 1.54) is 4.31 Å². The Hall–Kier alpha value is -2.98. The summed E-state index contributed by atoms with van der Waals surface area (Å²) >= 11 is 0. The van der Waals surface area contributed by atoms with Gasteiger partial charge in [0.15, 0.2) is 0 Å². The number of nitrogens with one attached hydrogen (secondary N) is 1. The van der Waals surface area contributed by atoms with E-state index in [0.717, 1.165) is 5.76 Å².